The van der Waals surface area contributed by atoms with Crippen molar-refractivity contribution in [3.05, 3.63) is 60.2 Å². The number of carbonyl (C=O) groups is 2. The second-order valence-electron chi connectivity index (χ2n) is 3.16. The van der Waals surface area contributed by atoms with Gasteiger partial charge in [-0.2, -0.15) is 0 Å². The molecule has 0 aromatic carbocycles. The summed E-state index contributed by atoms with van der Waals surface area (Å²) in [6.07, 6.45) is 3.06. The number of nitrogens with zero attached hydrogens (tertiary/aromatic N) is 2. The van der Waals surface area contributed by atoms with Gasteiger partial charge in [-0.05, 0) is 24.3 Å². The maximum Gasteiger partial charge on any atom is 3.00 e. The summed E-state index contributed by atoms with van der Waals surface area (Å²) in [7, 11) is 0. The predicted molar refractivity (Wildman–Crippen MR) is 88.6 cm³/mol. The smallest absolute Gasteiger partial charge is 1.00 e. The number of hydrogen-bond donors (Lipinski definition) is 2. The maximum absolute atomic E-state index is 10.4. The van der Waals surface area contributed by atoms with Crippen molar-refractivity contribution in [1.29, 1.82) is 0 Å². The Hall–Kier alpha value is -0.843. The van der Waals surface area contributed by atoms with Gasteiger partial charge in [0, 0.05) is 12.4 Å². The van der Waals surface area contributed by atoms with Crippen LogP contribution in [0.3, 0.4) is 0 Å². The van der Waals surface area contributed by atoms with E-state index in [2.05, 4.69) is 9.97 Å². The average Bonchev–Trinajstić information content (AvgIpc) is 2.41. The summed E-state index contributed by atoms with van der Waals surface area (Å²) in [6.45, 7) is 0. The van der Waals surface area contributed by atoms with Gasteiger partial charge in [0.15, 0.2) is 0 Å². The van der Waals surface area contributed by atoms with E-state index in [1.165, 1.54) is 12.4 Å². The van der Waals surface area contributed by atoms with Gasteiger partial charge in [-0.25, -0.2) is 0 Å². The first-order valence-electron chi connectivity index (χ1n) is 5.03. The summed E-state index contributed by atoms with van der Waals surface area (Å²) in [5.74, 6) is -0.980. The standard InChI is InChI=1S/2C6H6N2O.3ClH.Er.5H2O/c2*7-6(9)5-3-1-2-4-8-5;;;;;;;;;/h2*1-4H,(H2,7,9);3*1H;;5*1H2/q;;;;;+3;;;;;/p+1. The van der Waals surface area contributed by atoms with Crippen LogP contribution >= 0.6 is 0 Å². The van der Waals surface area contributed by atoms with Crippen LogP contribution in [0.4, 0.5) is 0 Å². The molecule has 15 heteroatoms. The number of rotatable bonds is 2. The molecule has 2 aromatic heterocycles. The molecule has 2 aromatic rings. The largest absolute Gasteiger partial charge is 3.00 e. The van der Waals surface area contributed by atoms with E-state index in [0.29, 0.717) is 11.4 Å². The van der Waals surface area contributed by atoms with Gasteiger partial charge < -0.3 is 76.1 Å². The minimum Gasteiger partial charge on any atom is -1.00 e. The minimum absolute atomic E-state index is 0. The topological polar surface area (TPSA) is 275 Å². The molecule has 0 unspecified atom stereocenters. The fourth-order valence-corrected chi connectivity index (χ4v) is 1.02. The molecule has 2 amide bonds. The summed E-state index contributed by atoms with van der Waals surface area (Å²) in [5.41, 5.74) is 10.4. The number of amides is 2. The van der Waals surface area contributed by atoms with E-state index in [1.807, 2.05) is 0 Å². The van der Waals surface area contributed by atoms with E-state index in [9.17, 15) is 9.59 Å². The average molecular weight is 612 g/mol. The first-order chi connectivity index (χ1) is 8.61. The van der Waals surface area contributed by atoms with Crippen molar-refractivity contribution in [1.82, 2.24) is 9.97 Å². The molecule has 0 saturated heterocycles. The van der Waals surface area contributed by atoms with Gasteiger partial charge in [0.2, 0.25) is 0 Å². The molecule has 0 fully saturated rings. The number of hydrogen-bond acceptors (Lipinski definition) is 4. The first-order valence-corrected chi connectivity index (χ1v) is 5.03. The molecule has 18 N–H and O–H groups in total. The number of primary amides is 2. The van der Waals surface area contributed by atoms with Crippen LogP contribution in [0.25, 0.3) is 0 Å². The van der Waals surface area contributed by atoms with Crippen molar-refractivity contribution in [2.24, 2.45) is 11.5 Å². The number of carbonyl (C=O) groups excluding carboxylic acids is 2. The third-order valence-corrected chi connectivity index (χ3v) is 1.83. The zero-order valence-corrected chi connectivity index (χ0v) is 17.8. The zero-order valence-electron chi connectivity index (χ0n) is 13.7. The van der Waals surface area contributed by atoms with Gasteiger partial charge in [-0.1, -0.05) is 12.1 Å². The van der Waals surface area contributed by atoms with Crippen LogP contribution in [0.15, 0.2) is 48.8 Å². The Morgan fingerprint density at radius 2 is 0.926 bits per heavy atom. The van der Waals surface area contributed by atoms with Crippen LogP contribution < -0.4 is 48.7 Å². The molecule has 0 aliphatic carbocycles. The second-order valence-corrected chi connectivity index (χ2v) is 3.16. The summed E-state index contributed by atoms with van der Waals surface area (Å²) in [4.78, 5) is 28.1. The molecule has 0 bridgehead atoms. The number of aromatic nitrogens is 2. The second kappa shape index (κ2) is 32.8. The molecule has 2 heterocycles. The van der Waals surface area contributed by atoms with E-state index >= 15 is 0 Å². The molecule has 2 rings (SSSR count). The Kier molecular flexibility index (Phi) is 68.3. The molecule has 165 valence electrons. The van der Waals surface area contributed by atoms with Crippen molar-refractivity contribution in [3.63, 3.8) is 0 Å². The van der Waals surface area contributed by atoms with Gasteiger partial charge in [0.1, 0.15) is 11.4 Å². The Morgan fingerprint density at radius 1 is 0.667 bits per heavy atom. The number of pyridine rings is 2. The van der Waals surface area contributed by atoms with Crippen molar-refractivity contribution < 1.29 is 111 Å². The molecule has 27 heavy (non-hydrogen) atoms. The number of nitrogens with two attached hydrogens (primary N) is 2. The van der Waals surface area contributed by atoms with Gasteiger partial charge >= 0.3 is 37.3 Å². The third kappa shape index (κ3) is 25.2. The van der Waals surface area contributed by atoms with E-state index in [1.54, 1.807) is 36.4 Å². The maximum atomic E-state index is 10.4. The SMILES string of the molecule is NC(=O)c1ccccn1.NC(=O)c1ccccn1.O.[Cl-].[Cl-].[Cl-].[Er+3].[OH3+].[OH3+].[OH3+].[OH3+]. The number of halogens is 3. The molecule has 0 saturated carbocycles. The molecular formula is C12H26Cl3ErN4O7+4. The summed E-state index contributed by atoms with van der Waals surface area (Å²) >= 11 is 0. The van der Waals surface area contributed by atoms with Crippen LogP contribution in [-0.4, -0.2) is 27.3 Å². The molecule has 0 atom stereocenters. The monoisotopic (exact) mass is 609 g/mol. The third-order valence-electron chi connectivity index (χ3n) is 1.83. The van der Waals surface area contributed by atoms with Gasteiger partial charge in [0.25, 0.3) is 11.8 Å². The van der Waals surface area contributed by atoms with Crippen LogP contribution in [0.1, 0.15) is 21.0 Å². The van der Waals surface area contributed by atoms with Crippen LogP contribution in [0.5, 0.6) is 0 Å². The molecular weight excluding hydrogens is 586 g/mol. The van der Waals surface area contributed by atoms with E-state index in [-0.39, 0.29) is 102 Å². The predicted octanol–water partition coefficient (Wildman–Crippen LogP) is -13.1. The molecule has 1 radical (unpaired) electrons. The summed E-state index contributed by atoms with van der Waals surface area (Å²) in [5, 5.41) is 0. The molecule has 0 aliphatic rings. The molecule has 11 nitrogen and oxygen atoms in total. The van der Waals surface area contributed by atoms with Crippen LogP contribution in [-0.2, 0) is 21.9 Å². The van der Waals surface area contributed by atoms with E-state index < -0.39 is 11.8 Å². The fourth-order valence-electron chi connectivity index (χ4n) is 1.02. The Labute approximate surface area is 203 Å². The van der Waals surface area contributed by atoms with Crippen molar-refractivity contribution in [2.75, 3.05) is 0 Å². The quantitative estimate of drug-likeness (QED) is 0.313. The molecule has 0 aliphatic heterocycles. The van der Waals surface area contributed by atoms with Crippen LogP contribution in [0, 0.1) is 37.3 Å². The Morgan fingerprint density at radius 3 is 1.04 bits per heavy atom. The van der Waals surface area contributed by atoms with Gasteiger partial charge in [0.05, 0.1) is 0 Å². The normalized spacial score (nSPS) is 5.93. The van der Waals surface area contributed by atoms with Gasteiger partial charge in [-0.3, -0.25) is 19.6 Å². The zero-order chi connectivity index (χ0) is 13.4. The van der Waals surface area contributed by atoms with Crippen molar-refractivity contribution in [2.45, 2.75) is 0 Å². The summed E-state index contributed by atoms with van der Waals surface area (Å²) in [6, 6.07) is 10.0. The fraction of sp³-hybridized carbons (Fsp3) is 0. The van der Waals surface area contributed by atoms with E-state index in [0.717, 1.165) is 0 Å². The minimum atomic E-state index is -0.490. The summed E-state index contributed by atoms with van der Waals surface area (Å²) < 4.78 is 0. The van der Waals surface area contributed by atoms with Crippen molar-refractivity contribution in [3.8, 4) is 0 Å². The van der Waals surface area contributed by atoms with Crippen LogP contribution in [0.2, 0.25) is 0 Å². The van der Waals surface area contributed by atoms with E-state index in [4.69, 9.17) is 11.5 Å². The first kappa shape index (κ1) is 56.2. The molecule has 0 spiro atoms. The Balaban J connectivity index is -0.0000000257. The Bertz CT molecular complexity index is 496. The van der Waals surface area contributed by atoms with Gasteiger partial charge in [-0.15, -0.1) is 0 Å². The van der Waals surface area contributed by atoms with Crippen molar-refractivity contribution >= 4 is 11.8 Å².